The molecule has 1 fully saturated rings. The summed E-state index contributed by atoms with van der Waals surface area (Å²) in [5, 5.41) is 14.6. The van der Waals surface area contributed by atoms with Crippen LogP contribution in [0.1, 0.15) is 95.4 Å². The van der Waals surface area contributed by atoms with Crippen molar-refractivity contribution < 1.29 is 27.9 Å². The summed E-state index contributed by atoms with van der Waals surface area (Å²) in [6.07, 6.45) is 7.71. The lowest BCUT2D eigenvalue weighted by Gasteiger charge is -2.38. The van der Waals surface area contributed by atoms with Gasteiger partial charge in [0.25, 0.3) is 6.43 Å². The number of pyridine rings is 3. The number of esters is 1. The van der Waals surface area contributed by atoms with E-state index in [9.17, 15) is 18.7 Å². The highest BCUT2D eigenvalue weighted by atomic mass is 19.3. The minimum atomic E-state index is -2.59. The van der Waals surface area contributed by atoms with Gasteiger partial charge in [-0.1, -0.05) is 26.7 Å². The summed E-state index contributed by atoms with van der Waals surface area (Å²) >= 11 is 0. The lowest BCUT2D eigenvalue weighted by molar-refractivity contribution is -0.926. The summed E-state index contributed by atoms with van der Waals surface area (Å²) in [5.41, 5.74) is 1.64. The number of aryl methyl sites for hydroxylation is 1. The number of aromatic nitrogens is 3. The second kappa shape index (κ2) is 15.9. The van der Waals surface area contributed by atoms with Gasteiger partial charge >= 0.3 is 5.97 Å². The average molecular weight is 639 g/mol. The molecule has 0 aromatic carbocycles. The molecule has 3 aromatic rings. The molecule has 2 N–H and O–H groups in total. The smallest absolute Gasteiger partial charge is 0.313 e. The molecular formula is C36H50F2N5O3+. The standard InChI is InChI=1S/C36H50F2N5O3/c1-6-8-18-43(5,19-9-7-2)24-46-35(44)26-10-13-29(14-11-26)36(4,45)31-15-12-28(23-40-31)30-20-25(3)21-33(41-30)42-32-22-27(34(37)38)16-17-39-32/h12,15-17,20-23,26,29,34,45H,6-11,13-14,18-19,24H2,1-5H3,(H,39,41,42)/q+1/t26?,29?,36-/m1/s1. The van der Waals surface area contributed by atoms with Gasteiger partial charge in [-0.25, -0.2) is 18.7 Å². The van der Waals surface area contributed by atoms with Gasteiger partial charge in [-0.05, 0) is 100 Å². The molecule has 10 heteroatoms. The zero-order chi connectivity index (χ0) is 33.3. The van der Waals surface area contributed by atoms with Gasteiger partial charge in [0.05, 0.1) is 37.4 Å². The van der Waals surface area contributed by atoms with Crippen molar-refractivity contribution in [3.63, 3.8) is 0 Å². The van der Waals surface area contributed by atoms with Crippen LogP contribution >= 0.6 is 0 Å². The lowest BCUT2D eigenvalue weighted by atomic mass is 9.73. The van der Waals surface area contributed by atoms with E-state index in [1.807, 2.05) is 31.2 Å². The molecule has 0 spiro atoms. The number of quaternary nitrogens is 1. The predicted molar refractivity (Wildman–Crippen MR) is 176 cm³/mol. The predicted octanol–water partition coefficient (Wildman–Crippen LogP) is 8.09. The number of unbranched alkanes of at least 4 members (excludes halogenated alkanes) is 2. The van der Waals surface area contributed by atoms with Crippen LogP contribution in [0, 0.1) is 18.8 Å². The van der Waals surface area contributed by atoms with E-state index in [0.717, 1.165) is 54.4 Å². The van der Waals surface area contributed by atoms with Crippen molar-refractivity contribution in [2.45, 2.75) is 91.1 Å². The molecule has 3 heterocycles. The fourth-order valence-corrected chi connectivity index (χ4v) is 6.26. The highest BCUT2D eigenvalue weighted by Gasteiger charge is 2.39. The number of carbonyl (C=O) groups is 1. The Hall–Kier alpha value is -3.50. The molecule has 0 unspecified atom stereocenters. The van der Waals surface area contributed by atoms with Gasteiger partial charge in [0, 0.05) is 23.5 Å². The fraction of sp³-hybridized carbons (Fsp3) is 0.556. The van der Waals surface area contributed by atoms with Crippen LogP contribution in [-0.4, -0.2) is 57.4 Å². The van der Waals surface area contributed by atoms with Crippen molar-refractivity contribution in [3.05, 3.63) is 65.6 Å². The molecule has 1 aliphatic carbocycles. The lowest BCUT2D eigenvalue weighted by Crippen LogP contribution is -2.48. The summed E-state index contributed by atoms with van der Waals surface area (Å²) in [4.78, 5) is 26.5. The third kappa shape index (κ3) is 9.28. The molecule has 4 rings (SSSR count). The van der Waals surface area contributed by atoms with Gasteiger partial charge in [-0.15, -0.1) is 0 Å². The number of halogens is 2. The topological polar surface area (TPSA) is 97.2 Å². The SMILES string of the molecule is CCCC[N+](C)(CCCC)COC(=O)C1CCC([C@@](C)(O)c2ccc(-c3cc(C)cc(Nc4cc(C(F)F)ccn4)n3)cn2)CC1. The second-order valence-corrected chi connectivity index (χ2v) is 13.3. The maximum absolute atomic E-state index is 13.1. The van der Waals surface area contributed by atoms with Crippen LogP contribution in [0.4, 0.5) is 20.4 Å². The van der Waals surface area contributed by atoms with E-state index >= 15 is 0 Å². The van der Waals surface area contributed by atoms with Crippen LogP contribution < -0.4 is 5.32 Å². The van der Waals surface area contributed by atoms with E-state index in [-0.39, 0.29) is 29.2 Å². The number of carbonyl (C=O) groups excluding carboxylic acids is 1. The zero-order valence-electron chi connectivity index (χ0n) is 27.9. The summed E-state index contributed by atoms with van der Waals surface area (Å²) in [5.74, 6) is 0.470. The monoisotopic (exact) mass is 638 g/mol. The van der Waals surface area contributed by atoms with Crippen molar-refractivity contribution in [2.75, 3.05) is 32.2 Å². The summed E-state index contributed by atoms with van der Waals surface area (Å²) in [6.45, 7) is 10.5. The third-order valence-electron chi connectivity index (χ3n) is 9.32. The third-order valence-corrected chi connectivity index (χ3v) is 9.32. The fourth-order valence-electron chi connectivity index (χ4n) is 6.26. The molecule has 1 aliphatic rings. The highest BCUT2D eigenvalue weighted by Crippen LogP contribution is 2.41. The minimum Gasteiger partial charge on any atom is -0.415 e. The van der Waals surface area contributed by atoms with E-state index in [0.29, 0.717) is 49.6 Å². The Kier molecular flexibility index (Phi) is 12.2. The van der Waals surface area contributed by atoms with Crippen molar-refractivity contribution in [1.82, 2.24) is 15.0 Å². The Morgan fingerprint density at radius 1 is 1.04 bits per heavy atom. The van der Waals surface area contributed by atoms with Gasteiger partial charge < -0.3 is 15.2 Å². The van der Waals surface area contributed by atoms with Crippen molar-refractivity contribution in [2.24, 2.45) is 11.8 Å². The van der Waals surface area contributed by atoms with Gasteiger partial charge in [-0.2, -0.15) is 0 Å². The van der Waals surface area contributed by atoms with E-state index in [2.05, 4.69) is 41.2 Å². The summed E-state index contributed by atoms with van der Waals surface area (Å²) in [7, 11) is 2.19. The van der Waals surface area contributed by atoms with Gasteiger partial charge in [0.1, 0.15) is 17.2 Å². The number of hydrogen-bond donors (Lipinski definition) is 2. The molecule has 8 nitrogen and oxygen atoms in total. The molecule has 0 radical (unpaired) electrons. The molecule has 250 valence electrons. The maximum Gasteiger partial charge on any atom is 0.313 e. The first-order valence-corrected chi connectivity index (χ1v) is 16.6. The number of nitrogens with one attached hydrogen (secondary N) is 1. The Morgan fingerprint density at radius 2 is 1.74 bits per heavy atom. The van der Waals surface area contributed by atoms with Gasteiger partial charge in [0.15, 0.2) is 0 Å². The number of rotatable bonds is 15. The van der Waals surface area contributed by atoms with Crippen LogP contribution in [-0.2, 0) is 15.1 Å². The van der Waals surface area contributed by atoms with Crippen molar-refractivity contribution in [3.8, 4) is 11.3 Å². The Morgan fingerprint density at radius 3 is 2.35 bits per heavy atom. The van der Waals surface area contributed by atoms with E-state index in [1.54, 1.807) is 13.1 Å². The summed E-state index contributed by atoms with van der Waals surface area (Å²) in [6, 6.07) is 10.0. The molecule has 46 heavy (non-hydrogen) atoms. The first kappa shape index (κ1) is 35.4. The molecule has 1 atom stereocenters. The number of aliphatic hydroxyl groups is 1. The van der Waals surface area contributed by atoms with Crippen LogP contribution in [0.5, 0.6) is 0 Å². The molecule has 0 aliphatic heterocycles. The molecule has 1 saturated carbocycles. The number of alkyl halides is 2. The van der Waals surface area contributed by atoms with Gasteiger partial charge in [0.2, 0.25) is 6.73 Å². The number of anilines is 2. The largest absolute Gasteiger partial charge is 0.415 e. The van der Waals surface area contributed by atoms with Crippen molar-refractivity contribution >= 4 is 17.6 Å². The van der Waals surface area contributed by atoms with Crippen molar-refractivity contribution in [1.29, 1.82) is 0 Å². The average Bonchev–Trinajstić information content (AvgIpc) is 3.05. The van der Waals surface area contributed by atoms with Crippen LogP contribution in [0.15, 0.2) is 48.8 Å². The van der Waals surface area contributed by atoms with E-state index in [4.69, 9.17) is 4.74 Å². The number of hydrogen-bond acceptors (Lipinski definition) is 7. The Balaban J connectivity index is 1.36. The van der Waals surface area contributed by atoms with E-state index in [1.165, 1.54) is 18.3 Å². The Labute approximate surface area is 272 Å². The van der Waals surface area contributed by atoms with Crippen LogP contribution in [0.3, 0.4) is 0 Å². The van der Waals surface area contributed by atoms with Crippen LogP contribution in [0.2, 0.25) is 0 Å². The molecule has 0 saturated heterocycles. The molecule has 3 aromatic heterocycles. The van der Waals surface area contributed by atoms with Crippen LogP contribution in [0.25, 0.3) is 11.3 Å². The quantitative estimate of drug-likeness (QED) is 0.0987. The van der Waals surface area contributed by atoms with Gasteiger partial charge in [-0.3, -0.25) is 14.3 Å². The highest BCUT2D eigenvalue weighted by molar-refractivity contribution is 5.72. The minimum absolute atomic E-state index is 0.0329. The normalized spacial score (nSPS) is 18.3. The molecular weight excluding hydrogens is 588 g/mol. The first-order chi connectivity index (χ1) is 21.9. The maximum atomic E-state index is 13.1. The molecule has 0 amide bonds. The Bertz CT molecular complexity index is 1420. The second-order valence-electron chi connectivity index (χ2n) is 13.3. The number of ether oxygens (including phenoxy) is 1. The summed E-state index contributed by atoms with van der Waals surface area (Å²) < 4.78 is 32.9. The first-order valence-electron chi connectivity index (χ1n) is 16.6. The van der Waals surface area contributed by atoms with E-state index < -0.39 is 12.0 Å². The molecule has 0 bridgehead atoms. The number of nitrogens with zero attached hydrogens (tertiary/aromatic N) is 4. The zero-order valence-corrected chi connectivity index (χ0v) is 27.9.